The normalized spacial score (nSPS) is 33.4. The number of imide groups is 1. The molecule has 3 aliphatic rings. The Morgan fingerprint density at radius 3 is 2.17 bits per heavy atom. The van der Waals surface area contributed by atoms with Gasteiger partial charge in [-0.25, -0.2) is 0 Å². The second kappa shape index (κ2) is 3.80. The van der Waals surface area contributed by atoms with Gasteiger partial charge in [-0.2, -0.15) is 0 Å². The number of fused-ring (bicyclic) bond motifs is 2. The van der Waals surface area contributed by atoms with Crippen molar-refractivity contribution in [1.29, 1.82) is 0 Å². The van der Waals surface area contributed by atoms with Crippen molar-refractivity contribution in [1.82, 2.24) is 4.90 Å². The van der Waals surface area contributed by atoms with E-state index >= 15 is 0 Å². The van der Waals surface area contributed by atoms with E-state index in [9.17, 15) is 14.4 Å². The zero-order chi connectivity index (χ0) is 12.9. The average Bonchev–Trinajstić information content (AvgIpc) is 2.69. The first kappa shape index (κ1) is 11.7. The number of rotatable bonds is 3. The van der Waals surface area contributed by atoms with Gasteiger partial charge in [-0.15, -0.1) is 0 Å². The van der Waals surface area contributed by atoms with Crippen molar-refractivity contribution < 1.29 is 19.5 Å². The molecule has 1 saturated heterocycles. The van der Waals surface area contributed by atoms with Crippen molar-refractivity contribution in [2.45, 2.75) is 50.5 Å². The molecular weight excluding hydrogens is 234 g/mol. The molecule has 0 radical (unpaired) electrons. The molecule has 2 bridgehead atoms. The number of carboxylic acids is 1. The van der Waals surface area contributed by atoms with Gasteiger partial charge in [-0.1, -0.05) is 0 Å². The van der Waals surface area contributed by atoms with E-state index in [0.717, 1.165) is 19.3 Å². The third-order valence-corrected chi connectivity index (χ3v) is 4.81. The largest absolute Gasteiger partial charge is 0.481 e. The summed E-state index contributed by atoms with van der Waals surface area (Å²) in [4.78, 5) is 37.0. The molecule has 1 N–H and O–H groups in total. The molecule has 0 aromatic carbocycles. The van der Waals surface area contributed by atoms with E-state index in [1.165, 1.54) is 4.90 Å². The lowest BCUT2D eigenvalue weighted by Crippen LogP contribution is -2.63. The van der Waals surface area contributed by atoms with Crippen LogP contribution < -0.4 is 0 Å². The van der Waals surface area contributed by atoms with Crippen molar-refractivity contribution in [3.8, 4) is 0 Å². The first-order valence-electron chi connectivity index (χ1n) is 6.63. The predicted molar refractivity (Wildman–Crippen MR) is 61.5 cm³/mol. The minimum absolute atomic E-state index is 0.0426. The molecular formula is C13H17NO4. The van der Waals surface area contributed by atoms with Gasteiger partial charge in [-0.3, -0.25) is 19.3 Å². The van der Waals surface area contributed by atoms with Crippen LogP contribution in [0.25, 0.3) is 0 Å². The molecule has 1 aliphatic heterocycles. The van der Waals surface area contributed by atoms with Crippen LogP contribution >= 0.6 is 0 Å². The highest BCUT2D eigenvalue weighted by Crippen LogP contribution is 2.47. The highest BCUT2D eigenvalue weighted by molar-refractivity contribution is 6.02. The Hall–Kier alpha value is -1.39. The first-order chi connectivity index (χ1) is 8.53. The first-order valence-corrected chi connectivity index (χ1v) is 6.63. The van der Waals surface area contributed by atoms with Crippen molar-refractivity contribution in [3.63, 3.8) is 0 Å². The van der Waals surface area contributed by atoms with Gasteiger partial charge in [0.1, 0.15) is 0 Å². The maximum Gasteiger partial charge on any atom is 0.305 e. The summed E-state index contributed by atoms with van der Waals surface area (Å²) >= 11 is 0. The topological polar surface area (TPSA) is 74.7 Å². The molecule has 0 aromatic heterocycles. The number of carbonyl (C=O) groups excluding carboxylic acids is 2. The number of carboxylic acid groups (broad SMARTS) is 1. The van der Waals surface area contributed by atoms with E-state index in [4.69, 9.17) is 5.11 Å². The minimum atomic E-state index is -0.923. The standard InChI is InChI=1S/C13H17NO4/c15-10(16)7-13(4-1-5-13)14-11(17)8-2-3-9(6-8)12(14)18/h8-9H,1-7H2,(H,15,16). The minimum Gasteiger partial charge on any atom is -0.481 e. The fourth-order valence-corrected chi connectivity index (χ4v) is 3.72. The smallest absolute Gasteiger partial charge is 0.305 e. The Balaban J connectivity index is 1.91. The third-order valence-electron chi connectivity index (χ3n) is 4.81. The Morgan fingerprint density at radius 1 is 1.22 bits per heavy atom. The molecule has 2 atom stereocenters. The summed E-state index contributed by atoms with van der Waals surface area (Å²) in [6.07, 6.45) is 4.36. The molecule has 3 fully saturated rings. The van der Waals surface area contributed by atoms with Crippen LogP contribution in [0.1, 0.15) is 44.9 Å². The van der Waals surface area contributed by atoms with Crippen LogP contribution in [-0.2, 0) is 14.4 Å². The van der Waals surface area contributed by atoms with Crippen LogP contribution in [0.15, 0.2) is 0 Å². The molecule has 2 aliphatic carbocycles. The number of aliphatic carboxylic acids is 1. The summed E-state index contributed by atoms with van der Waals surface area (Å²) in [5, 5.41) is 9.02. The Labute approximate surface area is 105 Å². The lowest BCUT2D eigenvalue weighted by molar-refractivity contribution is -0.167. The molecule has 18 heavy (non-hydrogen) atoms. The molecule has 3 rings (SSSR count). The Bertz CT molecular complexity index is 405. The molecule has 2 amide bonds. The third kappa shape index (κ3) is 1.49. The second-order valence-electron chi connectivity index (χ2n) is 5.87. The Kier molecular flexibility index (Phi) is 2.47. The Morgan fingerprint density at radius 2 is 1.78 bits per heavy atom. The van der Waals surface area contributed by atoms with E-state index in [1.54, 1.807) is 0 Å². The van der Waals surface area contributed by atoms with Crippen molar-refractivity contribution in [2.75, 3.05) is 0 Å². The molecule has 2 saturated carbocycles. The summed E-state index contributed by atoms with van der Waals surface area (Å²) < 4.78 is 0. The number of piperidine rings is 1. The number of hydrogen-bond acceptors (Lipinski definition) is 3. The molecule has 0 spiro atoms. The lowest BCUT2D eigenvalue weighted by atomic mass is 9.71. The van der Waals surface area contributed by atoms with Gasteiger partial charge >= 0.3 is 5.97 Å². The van der Waals surface area contributed by atoms with E-state index < -0.39 is 11.5 Å². The molecule has 98 valence electrons. The summed E-state index contributed by atoms with van der Waals surface area (Å²) in [6.45, 7) is 0. The molecule has 5 heteroatoms. The number of hydrogen-bond donors (Lipinski definition) is 1. The summed E-state index contributed by atoms with van der Waals surface area (Å²) in [5.41, 5.74) is -0.707. The molecule has 0 aromatic rings. The summed E-state index contributed by atoms with van der Waals surface area (Å²) in [6, 6.07) is 0. The van der Waals surface area contributed by atoms with Gasteiger partial charge in [-0.05, 0) is 38.5 Å². The van der Waals surface area contributed by atoms with Gasteiger partial charge in [0, 0.05) is 11.8 Å². The monoisotopic (exact) mass is 251 g/mol. The average molecular weight is 251 g/mol. The van der Waals surface area contributed by atoms with E-state index in [0.29, 0.717) is 19.3 Å². The summed E-state index contributed by atoms with van der Waals surface area (Å²) in [5.74, 6) is -1.24. The highest BCUT2D eigenvalue weighted by Gasteiger charge is 2.55. The quantitative estimate of drug-likeness (QED) is 0.764. The highest BCUT2D eigenvalue weighted by atomic mass is 16.4. The SMILES string of the molecule is O=C(O)CC1(N2C(=O)C3CCC(C3)C2=O)CCC1. The van der Waals surface area contributed by atoms with E-state index in [-0.39, 0.29) is 30.1 Å². The fourth-order valence-electron chi connectivity index (χ4n) is 3.72. The molecule has 5 nitrogen and oxygen atoms in total. The predicted octanol–water partition coefficient (Wildman–Crippen LogP) is 1.17. The van der Waals surface area contributed by atoms with Gasteiger partial charge in [0.05, 0.1) is 12.0 Å². The van der Waals surface area contributed by atoms with Crippen LogP contribution in [0.4, 0.5) is 0 Å². The number of carbonyl (C=O) groups is 3. The van der Waals surface area contributed by atoms with Crippen LogP contribution in [0, 0.1) is 11.8 Å². The van der Waals surface area contributed by atoms with Gasteiger partial charge in [0.25, 0.3) is 0 Å². The van der Waals surface area contributed by atoms with Crippen LogP contribution in [0.5, 0.6) is 0 Å². The van der Waals surface area contributed by atoms with Crippen molar-refractivity contribution in [2.24, 2.45) is 11.8 Å². The van der Waals surface area contributed by atoms with E-state index in [1.807, 2.05) is 0 Å². The molecule has 1 heterocycles. The summed E-state index contributed by atoms with van der Waals surface area (Å²) in [7, 11) is 0. The maximum absolute atomic E-state index is 12.3. The molecule has 2 unspecified atom stereocenters. The van der Waals surface area contributed by atoms with Crippen LogP contribution in [-0.4, -0.2) is 33.3 Å². The zero-order valence-electron chi connectivity index (χ0n) is 10.2. The van der Waals surface area contributed by atoms with E-state index in [2.05, 4.69) is 0 Å². The van der Waals surface area contributed by atoms with Crippen molar-refractivity contribution in [3.05, 3.63) is 0 Å². The second-order valence-corrected chi connectivity index (χ2v) is 5.87. The van der Waals surface area contributed by atoms with Crippen molar-refractivity contribution >= 4 is 17.8 Å². The van der Waals surface area contributed by atoms with Crippen LogP contribution in [0.2, 0.25) is 0 Å². The number of likely N-dealkylation sites (tertiary alicyclic amines) is 1. The zero-order valence-corrected chi connectivity index (χ0v) is 10.2. The van der Waals surface area contributed by atoms with Gasteiger partial charge in [0.15, 0.2) is 0 Å². The van der Waals surface area contributed by atoms with Gasteiger partial charge in [0.2, 0.25) is 11.8 Å². The lowest BCUT2D eigenvalue weighted by Gasteiger charge is -2.50. The van der Waals surface area contributed by atoms with Crippen LogP contribution in [0.3, 0.4) is 0 Å². The maximum atomic E-state index is 12.3. The number of amides is 2. The number of nitrogens with zero attached hydrogens (tertiary/aromatic N) is 1. The fraction of sp³-hybridized carbons (Fsp3) is 0.769. The van der Waals surface area contributed by atoms with Gasteiger partial charge < -0.3 is 5.11 Å².